The van der Waals surface area contributed by atoms with Gasteiger partial charge in [0.25, 0.3) is 0 Å². The molecule has 0 bridgehead atoms. The first-order valence-corrected chi connectivity index (χ1v) is 11.9. The van der Waals surface area contributed by atoms with Crippen molar-refractivity contribution < 1.29 is 15.0 Å². The number of carboxylic acid groups (broad SMARTS) is 1. The first kappa shape index (κ1) is 23.3. The average Bonchev–Trinajstić information content (AvgIpc) is 3.16. The number of benzene rings is 1. The molecule has 3 heterocycles. The molecule has 3 aromatic rings. The highest BCUT2D eigenvalue weighted by Gasteiger charge is 2.50. The highest BCUT2D eigenvalue weighted by atomic mass is 35.5. The molecule has 35 heavy (non-hydrogen) atoms. The summed E-state index contributed by atoms with van der Waals surface area (Å²) < 4.78 is 0. The SMILES string of the molecule is Cc1cc([C@@H](C)Nc2ccc(Cl)nc2C(=O)O)c2nc(N3CC(O)C4(CCC4)C3)c(C#N)nc2c1. The third kappa shape index (κ3) is 4.03. The summed E-state index contributed by atoms with van der Waals surface area (Å²) in [7, 11) is 0. The predicted molar refractivity (Wildman–Crippen MR) is 132 cm³/mol. The van der Waals surface area contributed by atoms with E-state index in [1.54, 1.807) is 6.07 Å². The Kier molecular flexibility index (Phi) is 5.74. The highest BCUT2D eigenvalue weighted by Crippen LogP contribution is 2.49. The van der Waals surface area contributed by atoms with E-state index >= 15 is 0 Å². The number of β-amino-alcohol motifs (C(OH)–C–C–N with tert-alkyl or cyclic N) is 1. The van der Waals surface area contributed by atoms with Crippen LogP contribution in [-0.2, 0) is 0 Å². The highest BCUT2D eigenvalue weighted by molar-refractivity contribution is 6.29. The normalized spacial score (nSPS) is 19.4. The number of carboxylic acids is 1. The lowest BCUT2D eigenvalue weighted by atomic mass is 9.67. The van der Waals surface area contributed by atoms with E-state index in [1.165, 1.54) is 6.07 Å². The van der Waals surface area contributed by atoms with Crippen molar-refractivity contribution in [2.24, 2.45) is 5.41 Å². The first-order valence-electron chi connectivity index (χ1n) is 11.5. The lowest BCUT2D eigenvalue weighted by molar-refractivity contribution is 0.00810. The van der Waals surface area contributed by atoms with E-state index in [9.17, 15) is 20.3 Å². The molecule has 1 aliphatic heterocycles. The number of fused-ring (bicyclic) bond motifs is 1. The van der Waals surface area contributed by atoms with Gasteiger partial charge in [-0.25, -0.2) is 19.7 Å². The molecule has 0 amide bonds. The number of nitrogens with one attached hydrogen (secondary N) is 1. The Balaban J connectivity index is 1.57. The van der Waals surface area contributed by atoms with Crippen molar-refractivity contribution in [2.75, 3.05) is 23.3 Å². The number of rotatable bonds is 5. The molecule has 3 N–H and O–H groups in total. The summed E-state index contributed by atoms with van der Waals surface area (Å²) in [5.74, 6) is -0.714. The first-order chi connectivity index (χ1) is 16.7. The molecule has 1 saturated carbocycles. The van der Waals surface area contributed by atoms with Crippen LogP contribution in [0.25, 0.3) is 11.0 Å². The number of aromatic nitrogens is 3. The zero-order chi connectivity index (χ0) is 24.9. The van der Waals surface area contributed by atoms with Crippen molar-refractivity contribution in [3.8, 4) is 6.07 Å². The van der Waals surface area contributed by atoms with Crippen LogP contribution in [0.2, 0.25) is 5.15 Å². The van der Waals surface area contributed by atoms with E-state index in [4.69, 9.17) is 16.6 Å². The molecule has 1 spiro atoms. The van der Waals surface area contributed by atoms with Crippen LogP contribution in [0.4, 0.5) is 11.5 Å². The zero-order valence-electron chi connectivity index (χ0n) is 19.4. The topological polar surface area (TPSA) is 135 Å². The third-order valence-corrected chi connectivity index (χ3v) is 7.40. The van der Waals surface area contributed by atoms with Gasteiger partial charge in [0.15, 0.2) is 17.2 Å². The van der Waals surface area contributed by atoms with Crippen LogP contribution < -0.4 is 10.2 Å². The van der Waals surface area contributed by atoms with Crippen LogP contribution >= 0.6 is 11.6 Å². The Hall–Kier alpha value is -3.48. The Labute approximate surface area is 207 Å². The lowest BCUT2D eigenvalue weighted by Gasteiger charge is -2.40. The third-order valence-electron chi connectivity index (χ3n) is 7.19. The van der Waals surface area contributed by atoms with Gasteiger partial charge in [0, 0.05) is 24.1 Å². The van der Waals surface area contributed by atoms with Crippen LogP contribution in [0.1, 0.15) is 59.5 Å². The molecular weight excluding hydrogens is 468 g/mol. The zero-order valence-corrected chi connectivity index (χ0v) is 20.2. The fourth-order valence-electron chi connectivity index (χ4n) is 5.21. The molecule has 1 unspecified atom stereocenters. The molecule has 1 aromatic carbocycles. The molecule has 1 saturated heterocycles. The number of carbonyl (C=O) groups is 1. The summed E-state index contributed by atoms with van der Waals surface area (Å²) >= 11 is 5.90. The second kappa shape index (κ2) is 8.63. The number of nitrogens with zero attached hydrogens (tertiary/aromatic N) is 5. The number of hydrogen-bond acceptors (Lipinski definition) is 8. The molecule has 5 rings (SSSR count). The summed E-state index contributed by atoms with van der Waals surface area (Å²) in [6, 6.07) is 8.79. The van der Waals surface area contributed by atoms with Crippen molar-refractivity contribution in [3.05, 3.63) is 51.9 Å². The Morgan fingerprint density at radius 3 is 2.71 bits per heavy atom. The number of halogens is 1. The molecule has 2 fully saturated rings. The monoisotopic (exact) mass is 492 g/mol. The number of pyridine rings is 1. The molecule has 9 nitrogen and oxygen atoms in total. The maximum absolute atomic E-state index is 11.7. The van der Waals surface area contributed by atoms with Crippen molar-refractivity contribution in [3.63, 3.8) is 0 Å². The van der Waals surface area contributed by atoms with Crippen molar-refractivity contribution in [1.29, 1.82) is 5.26 Å². The minimum atomic E-state index is -1.19. The number of anilines is 2. The maximum atomic E-state index is 11.7. The smallest absolute Gasteiger partial charge is 0.356 e. The molecular formula is C25H25ClN6O3. The van der Waals surface area contributed by atoms with Crippen LogP contribution in [0, 0.1) is 23.7 Å². The molecule has 0 radical (unpaired) electrons. The van der Waals surface area contributed by atoms with Crippen LogP contribution in [-0.4, -0.2) is 50.3 Å². The van der Waals surface area contributed by atoms with Gasteiger partial charge in [-0.1, -0.05) is 24.1 Å². The summed E-state index contributed by atoms with van der Waals surface area (Å²) in [4.78, 5) is 27.1. The van der Waals surface area contributed by atoms with Crippen molar-refractivity contribution in [1.82, 2.24) is 15.0 Å². The Morgan fingerprint density at radius 2 is 2.09 bits per heavy atom. The van der Waals surface area contributed by atoms with Gasteiger partial charge in [0.1, 0.15) is 11.2 Å². The minimum absolute atomic E-state index is 0.0955. The van der Waals surface area contributed by atoms with E-state index in [-0.39, 0.29) is 28.0 Å². The van der Waals surface area contributed by atoms with Crippen molar-refractivity contribution in [2.45, 2.75) is 45.3 Å². The number of aromatic carboxylic acids is 1. The van der Waals surface area contributed by atoms with Crippen molar-refractivity contribution >= 4 is 40.1 Å². The lowest BCUT2D eigenvalue weighted by Crippen LogP contribution is -2.40. The van der Waals surface area contributed by atoms with E-state index < -0.39 is 12.1 Å². The number of aryl methyl sites for hydroxylation is 1. The second-order valence-electron chi connectivity index (χ2n) is 9.54. The van der Waals surface area contributed by atoms with E-state index in [1.807, 2.05) is 30.9 Å². The molecule has 1 aliphatic carbocycles. The fourth-order valence-corrected chi connectivity index (χ4v) is 5.36. The van der Waals surface area contributed by atoms with Gasteiger partial charge in [-0.15, -0.1) is 0 Å². The summed E-state index contributed by atoms with van der Waals surface area (Å²) in [5.41, 5.74) is 3.22. The second-order valence-corrected chi connectivity index (χ2v) is 9.93. The van der Waals surface area contributed by atoms with Gasteiger partial charge < -0.3 is 20.4 Å². The predicted octanol–water partition coefficient (Wildman–Crippen LogP) is 4.08. The van der Waals surface area contributed by atoms with E-state index in [0.29, 0.717) is 35.6 Å². The number of aliphatic hydroxyl groups is 1. The summed E-state index contributed by atoms with van der Waals surface area (Å²) in [6.45, 7) is 4.90. The van der Waals surface area contributed by atoms with E-state index in [0.717, 1.165) is 30.4 Å². The number of aliphatic hydroxyl groups excluding tert-OH is 1. The quantitative estimate of drug-likeness (QED) is 0.450. The molecule has 2 atom stereocenters. The summed E-state index contributed by atoms with van der Waals surface area (Å²) in [6.07, 6.45) is 2.59. The molecule has 10 heteroatoms. The Morgan fingerprint density at radius 1 is 1.31 bits per heavy atom. The number of hydrogen-bond donors (Lipinski definition) is 3. The minimum Gasteiger partial charge on any atom is -0.476 e. The Bertz CT molecular complexity index is 1380. The van der Waals surface area contributed by atoms with E-state index in [2.05, 4.69) is 21.4 Å². The molecule has 2 aromatic heterocycles. The van der Waals surface area contributed by atoms with Crippen LogP contribution in [0.3, 0.4) is 0 Å². The van der Waals surface area contributed by atoms with Gasteiger partial charge in [-0.3, -0.25) is 0 Å². The van der Waals surface area contributed by atoms with Crippen LogP contribution in [0.15, 0.2) is 24.3 Å². The van der Waals surface area contributed by atoms with Gasteiger partial charge >= 0.3 is 5.97 Å². The van der Waals surface area contributed by atoms with Gasteiger partial charge in [-0.05, 0) is 50.5 Å². The largest absolute Gasteiger partial charge is 0.476 e. The van der Waals surface area contributed by atoms with Crippen LogP contribution in [0.5, 0.6) is 0 Å². The van der Waals surface area contributed by atoms with Gasteiger partial charge in [-0.2, -0.15) is 5.26 Å². The average molecular weight is 493 g/mol. The van der Waals surface area contributed by atoms with Gasteiger partial charge in [0.05, 0.1) is 28.9 Å². The summed E-state index contributed by atoms with van der Waals surface area (Å²) in [5, 5.41) is 33.4. The van der Waals surface area contributed by atoms with Gasteiger partial charge in [0.2, 0.25) is 0 Å². The maximum Gasteiger partial charge on any atom is 0.356 e. The molecule has 180 valence electrons. The number of nitriles is 1. The fraction of sp³-hybridized carbons (Fsp3) is 0.400. The molecule has 2 aliphatic rings. The standard InChI is InChI=1S/C25H25ClN6O3/c1-13-8-15(14(2)28-16-4-5-20(26)30-22(16)24(34)35)21-17(9-13)29-18(10-27)23(31-21)32-11-19(33)25(12-32)6-3-7-25/h4-5,8-9,14,19,28,33H,3,6-7,11-12H2,1-2H3,(H,34,35)/t14-,19?/m1/s1.